The third-order valence-corrected chi connectivity index (χ3v) is 4.19. The minimum absolute atomic E-state index is 0.345. The lowest BCUT2D eigenvalue weighted by molar-refractivity contribution is 0.0896. The second kappa shape index (κ2) is 5.23. The number of benzene rings is 1. The highest BCUT2D eigenvalue weighted by molar-refractivity contribution is 5.77. The van der Waals surface area contributed by atoms with E-state index in [0.717, 1.165) is 30.6 Å². The summed E-state index contributed by atoms with van der Waals surface area (Å²) in [7, 11) is 0. The zero-order valence-corrected chi connectivity index (χ0v) is 12.4. The average molecular weight is 298 g/mol. The predicted molar refractivity (Wildman–Crippen MR) is 81.2 cm³/mol. The van der Waals surface area contributed by atoms with E-state index in [-0.39, 0.29) is 0 Å². The molecular weight excluding hydrogens is 280 g/mol. The lowest BCUT2D eigenvalue weighted by atomic mass is 10.1. The number of aliphatic hydroxyl groups excluding tert-OH is 1. The number of aromatic nitrogens is 3. The van der Waals surface area contributed by atoms with Crippen LogP contribution in [0.15, 0.2) is 41.1 Å². The normalized spacial score (nSPS) is 17.7. The Morgan fingerprint density at radius 1 is 1.36 bits per heavy atom. The van der Waals surface area contributed by atoms with Crippen LogP contribution in [0.5, 0.6) is 0 Å². The van der Waals surface area contributed by atoms with Crippen molar-refractivity contribution in [3.63, 3.8) is 0 Å². The van der Waals surface area contributed by atoms with Gasteiger partial charge in [0.05, 0.1) is 24.6 Å². The highest BCUT2D eigenvalue weighted by atomic mass is 16.3. The van der Waals surface area contributed by atoms with Crippen molar-refractivity contribution in [3.05, 3.63) is 48.0 Å². The third-order valence-electron chi connectivity index (χ3n) is 4.19. The molecule has 4 rings (SSSR count). The number of nitrogens with zero attached hydrogens (tertiary/aromatic N) is 4. The van der Waals surface area contributed by atoms with Crippen molar-refractivity contribution in [1.29, 1.82) is 0 Å². The second-order valence-corrected chi connectivity index (χ2v) is 5.94. The number of furan rings is 1. The summed E-state index contributed by atoms with van der Waals surface area (Å²) in [6.45, 7) is 4.53. The molecule has 0 saturated carbocycles. The number of rotatable bonds is 4. The number of aliphatic hydroxyl groups is 1. The molecule has 0 spiro atoms. The van der Waals surface area contributed by atoms with Gasteiger partial charge in [-0.05, 0) is 30.7 Å². The fourth-order valence-corrected chi connectivity index (χ4v) is 2.87. The molecular formula is C16H18N4O2. The molecule has 6 heteroatoms. The van der Waals surface area contributed by atoms with E-state index in [4.69, 9.17) is 4.42 Å². The zero-order valence-electron chi connectivity index (χ0n) is 12.4. The van der Waals surface area contributed by atoms with Gasteiger partial charge >= 0.3 is 0 Å². The number of likely N-dealkylation sites (tertiary alicyclic amines) is 1. The molecule has 1 N–H and O–H groups in total. The van der Waals surface area contributed by atoms with Gasteiger partial charge in [-0.3, -0.25) is 4.90 Å². The van der Waals surface area contributed by atoms with Gasteiger partial charge in [0.25, 0.3) is 0 Å². The van der Waals surface area contributed by atoms with Crippen molar-refractivity contribution in [2.24, 2.45) is 0 Å². The first kappa shape index (κ1) is 13.5. The van der Waals surface area contributed by atoms with Gasteiger partial charge in [0.1, 0.15) is 11.3 Å². The van der Waals surface area contributed by atoms with E-state index in [0.29, 0.717) is 11.7 Å². The van der Waals surface area contributed by atoms with Gasteiger partial charge in [-0.25, -0.2) is 4.68 Å². The Labute approximate surface area is 127 Å². The monoisotopic (exact) mass is 298 g/mol. The summed E-state index contributed by atoms with van der Waals surface area (Å²) in [4.78, 5) is 2.37. The van der Waals surface area contributed by atoms with E-state index in [1.54, 1.807) is 13.2 Å². The SMILES string of the molecule is CC(O)c1cn(C2CN(Cc3ccc4occc4c3)C2)nn1. The van der Waals surface area contributed by atoms with Gasteiger partial charge in [-0.15, -0.1) is 5.10 Å². The second-order valence-electron chi connectivity index (χ2n) is 5.94. The zero-order chi connectivity index (χ0) is 15.1. The summed E-state index contributed by atoms with van der Waals surface area (Å²) in [6, 6.07) is 8.64. The highest BCUT2D eigenvalue weighted by Gasteiger charge is 2.29. The Balaban J connectivity index is 1.38. The molecule has 1 aliphatic rings. The molecule has 0 aliphatic carbocycles. The van der Waals surface area contributed by atoms with Gasteiger partial charge in [-0.1, -0.05) is 11.3 Å². The minimum Gasteiger partial charge on any atom is -0.464 e. The van der Waals surface area contributed by atoms with Crippen molar-refractivity contribution < 1.29 is 9.52 Å². The minimum atomic E-state index is -0.563. The maximum absolute atomic E-state index is 9.49. The average Bonchev–Trinajstić information content (AvgIpc) is 3.10. The molecule has 1 saturated heterocycles. The molecule has 0 amide bonds. The summed E-state index contributed by atoms with van der Waals surface area (Å²) in [5.74, 6) is 0. The highest BCUT2D eigenvalue weighted by Crippen LogP contribution is 2.25. The van der Waals surface area contributed by atoms with Gasteiger partial charge < -0.3 is 9.52 Å². The fourth-order valence-electron chi connectivity index (χ4n) is 2.87. The summed E-state index contributed by atoms with van der Waals surface area (Å²) in [5.41, 5.74) is 2.85. The van der Waals surface area contributed by atoms with Crippen molar-refractivity contribution in [1.82, 2.24) is 19.9 Å². The van der Waals surface area contributed by atoms with E-state index in [1.807, 2.05) is 23.0 Å². The lowest BCUT2D eigenvalue weighted by Gasteiger charge is -2.38. The van der Waals surface area contributed by atoms with E-state index in [9.17, 15) is 5.11 Å². The van der Waals surface area contributed by atoms with Gasteiger partial charge in [0, 0.05) is 25.0 Å². The smallest absolute Gasteiger partial charge is 0.133 e. The first-order chi connectivity index (χ1) is 10.7. The maximum Gasteiger partial charge on any atom is 0.133 e. The lowest BCUT2D eigenvalue weighted by Crippen LogP contribution is -2.47. The Hall–Kier alpha value is -2.18. The summed E-state index contributed by atoms with van der Waals surface area (Å²) in [6.07, 6.45) is 2.99. The topological polar surface area (TPSA) is 67.3 Å². The molecule has 2 aromatic heterocycles. The van der Waals surface area contributed by atoms with Crippen LogP contribution < -0.4 is 0 Å². The van der Waals surface area contributed by atoms with Crippen LogP contribution in [0.4, 0.5) is 0 Å². The Morgan fingerprint density at radius 3 is 3.00 bits per heavy atom. The van der Waals surface area contributed by atoms with Crippen molar-refractivity contribution in [3.8, 4) is 0 Å². The Bertz CT molecular complexity index is 786. The number of fused-ring (bicyclic) bond motifs is 1. The van der Waals surface area contributed by atoms with Crippen molar-refractivity contribution in [2.75, 3.05) is 13.1 Å². The van der Waals surface area contributed by atoms with Crippen LogP contribution in [0.1, 0.15) is 30.3 Å². The molecule has 1 aromatic carbocycles. The first-order valence-corrected chi connectivity index (χ1v) is 7.47. The van der Waals surface area contributed by atoms with E-state index < -0.39 is 6.10 Å². The van der Waals surface area contributed by atoms with Gasteiger partial charge in [-0.2, -0.15) is 0 Å². The Morgan fingerprint density at radius 2 is 2.23 bits per heavy atom. The van der Waals surface area contributed by atoms with E-state index >= 15 is 0 Å². The fraction of sp³-hybridized carbons (Fsp3) is 0.375. The summed E-state index contributed by atoms with van der Waals surface area (Å²) < 4.78 is 7.22. The van der Waals surface area contributed by atoms with Crippen LogP contribution in [0, 0.1) is 0 Å². The summed E-state index contributed by atoms with van der Waals surface area (Å²) in [5, 5.41) is 18.7. The molecule has 3 heterocycles. The van der Waals surface area contributed by atoms with Crippen molar-refractivity contribution >= 4 is 11.0 Å². The third kappa shape index (κ3) is 2.40. The van der Waals surface area contributed by atoms with Gasteiger partial charge in [0.2, 0.25) is 0 Å². The molecule has 3 aromatic rings. The molecule has 114 valence electrons. The van der Waals surface area contributed by atoms with Crippen LogP contribution in [0.3, 0.4) is 0 Å². The van der Waals surface area contributed by atoms with Crippen LogP contribution in [0.2, 0.25) is 0 Å². The quantitative estimate of drug-likeness (QED) is 0.799. The van der Waals surface area contributed by atoms with Crippen LogP contribution >= 0.6 is 0 Å². The first-order valence-electron chi connectivity index (χ1n) is 7.47. The van der Waals surface area contributed by atoms with Gasteiger partial charge in [0.15, 0.2) is 0 Å². The molecule has 6 nitrogen and oxygen atoms in total. The van der Waals surface area contributed by atoms with E-state index in [2.05, 4.69) is 27.3 Å². The largest absolute Gasteiger partial charge is 0.464 e. The van der Waals surface area contributed by atoms with Crippen LogP contribution in [-0.4, -0.2) is 38.1 Å². The standard InChI is InChI=1S/C16H18N4O2/c1-11(21)15-10-20(18-17-15)14-8-19(9-14)7-12-2-3-16-13(6-12)4-5-22-16/h2-6,10-11,14,21H,7-9H2,1H3. The van der Waals surface area contributed by atoms with Crippen LogP contribution in [0.25, 0.3) is 11.0 Å². The molecule has 0 radical (unpaired) electrons. The predicted octanol–water partition coefficient (Wildman–Crippen LogP) is 2.13. The maximum atomic E-state index is 9.49. The summed E-state index contributed by atoms with van der Waals surface area (Å²) >= 11 is 0. The molecule has 1 aliphatic heterocycles. The molecule has 1 unspecified atom stereocenters. The van der Waals surface area contributed by atoms with E-state index in [1.165, 1.54) is 5.56 Å². The number of hydrogen-bond donors (Lipinski definition) is 1. The van der Waals surface area contributed by atoms with Crippen molar-refractivity contribution in [2.45, 2.75) is 25.6 Å². The Kier molecular flexibility index (Phi) is 3.20. The van der Waals surface area contributed by atoms with Crippen LogP contribution in [-0.2, 0) is 6.54 Å². The molecule has 1 atom stereocenters. The number of hydrogen-bond acceptors (Lipinski definition) is 5. The molecule has 1 fully saturated rings. The molecule has 0 bridgehead atoms. The molecule has 22 heavy (non-hydrogen) atoms.